The molecule has 0 unspecified atom stereocenters. The van der Waals surface area contributed by atoms with Gasteiger partial charge in [-0.3, -0.25) is 9.89 Å². The molecule has 1 amide bonds. The smallest absolute Gasteiger partial charge is 0.268 e. The van der Waals surface area contributed by atoms with Gasteiger partial charge in [0, 0.05) is 18.7 Å². The topological polar surface area (TPSA) is 96.0 Å². The number of carbonyl (C=O) groups excluding carboxylic acids is 1. The van der Waals surface area contributed by atoms with E-state index in [0.717, 1.165) is 16.6 Å². The summed E-state index contributed by atoms with van der Waals surface area (Å²) in [6.07, 6.45) is 6.00. The van der Waals surface area contributed by atoms with E-state index in [2.05, 4.69) is 15.2 Å². The van der Waals surface area contributed by atoms with Crippen molar-refractivity contribution in [3.8, 4) is 0 Å². The molecular formula is C17H20N4O3S2. The summed E-state index contributed by atoms with van der Waals surface area (Å²) in [7, 11) is -3.74. The molecular weight excluding hydrogens is 372 g/mol. The molecule has 2 heterocycles. The van der Waals surface area contributed by atoms with Crippen molar-refractivity contribution < 1.29 is 13.2 Å². The molecule has 0 radical (unpaired) electrons. The van der Waals surface area contributed by atoms with Gasteiger partial charge in [-0.1, -0.05) is 49.6 Å². The van der Waals surface area contributed by atoms with Crippen molar-refractivity contribution in [3.63, 3.8) is 0 Å². The summed E-state index contributed by atoms with van der Waals surface area (Å²) >= 11 is 1.36. The molecule has 26 heavy (non-hydrogen) atoms. The lowest BCUT2D eigenvalue weighted by Gasteiger charge is -2.13. The van der Waals surface area contributed by atoms with Crippen molar-refractivity contribution in [1.29, 1.82) is 0 Å². The van der Waals surface area contributed by atoms with E-state index in [1.165, 1.54) is 43.5 Å². The first-order valence-corrected chi connectivity index (χ1v) is 11.2. The molecule has 1 aromatic heterocycles. The van der Waals surface area contributed by atoms with E-state index in [4.69, 9.17) is 0 Å². The molecule has 2 aliphatic rings. The Balaban J connectivity index is 1.35. The van der Waals surface area contributed by atoms with E-state index >= 15 is 0 Å². The summed E-state index contributed by atoms with van der Waals surface area (Å²) in [6.45, 7) is 0.104. The molecule has 4 rings (SSSR count). The number of thioether (sulfide) groups is 1. The summed E-state index contributed by atoms with van der Waals surface area (Å²) < 4.78 is 25.9. The highest BCUT2D eigenvalue weighted by molar-refractivity contribution is 7.99. The van der Waals surface area contributed by atoms with E-state index in [1.54, 1.807) is 18.2 Å². The Kier molecular flexibility index (Phi) is 4.74. The van der Waals surface area contributed by atoms with Crippen LogP contribution in [0.15, 0.2) is 34.3 Å². The number of hydrogen-bond donors (Lipinski definition) is 1. The highest BCUT2D eigenvalue weighted by Gasteiger charge is 2.40. The number of aromatic nitrogens is 3. The fourth-order valence-electron chi connectivity index (χ4n) is 3.59. The van der Waals surface area contributed by atoms with E-state index in [1.807, 2.05) is 0 Å². The minimum atomic E-state index is -3.74. The molecule has 9 heteroatoms. The van der Waals surface area contributed by atoms with E-state index in [9.17, 15) is 13.2 Å². The quantitative estimate of drug-likeness (QED) is 0.759. The fourth-order valence-corrected chi connectivity index (χ4v) is 6.02. The molecule has 0 saturated heterocycles. The van der Waals surface area contributed by atoms with Crippen LogP contribution in [0.2, 0.25) is 0 Å². The lowest BCUT2D eigenvalue weighted by molar-refractivity contribution is 0.0876. The Morgan fingerprint density at radius 2 is 2.00 bits per heavy atom. The van der Waals surface area contributed by atoms with Crippen molar-refractivity contribution in [1.82, 2.24) is 19.5 Å². The monoisotopic (exact) mass is 392 g/mol. The third-order valence-electron chi connectivity index (χ3n) is 4.91. The average Bonchev–Trinajstić information content (AvgIpc) is 3.33. The van der Waals surface area contributed by atoms with Crippen LogP contribution in [0, 0.1) is 5.92 Å². The normalized spacial score (nSPS) is 19.2. The molecule has 138 valence electrons. The van der Waals surface area contributed by atoms with Crippen LogP contribution in [0.3, 0.4) is 0 Å². The van der Waals surface area contributed by atoms with Crippen LogP contribution in [-0.2, 0) is 16.4 Å². The van der Waals surface area contributed by atoms with E-state index in [0.29, 0.717) is 16.8 Å². The third-order valence-corrected chi connectivity index (χ3v) is 7.57. The average molecular weight is 393 g/mol. The maximum Gasteiger partial charge on any atom is 0.269 e. The van der Waals surface area contributed by atoms with Crippen molar-refractivity contribution in [2.24, 2.45) is 5.92 Å². The van der Waals surface area contributed by atoms with Gasteiger partial charge in [0.1, 0.15) is 10.7 Å². The number of aromatic amines is 1. The number of hydrogen-bond acceptors (Lipinski definition) is 6. The second kappa shape index (κ2) is 7.03. The van der Waals surface area contributed by atoms with Crippen LogP contribution in [-0.4, -0.2) is 46.1 Å². The highest BCUT2D eigenvalue weighted by Crippen LogP contribution is 2.30. The number of nitrogens with zero attached hydrogens (tertiary/aromatic N) is 3. The van der Waals surface area contributed by atoms with Crippen LogP contribution >= 0.6 is 11.8 Å². The van der Waals surface area contributed by atoms with Gasteiger partial charge in [-0.05, 0) is 18.1 Å². The van der Waals surface area contributed by atoms with Crippen molar-refractivity contribution in [2.75, 3.05) is 12.3 Å². The van der Waals surface area contributed by atoms with Gasteiger partial charge in [0.15, 0.2) is 0 Å². The molecule has 2 aromatic rings. The van der Waals surface area contributed by atoms with Crippen LogP contribution in [0.1, 0.15) is 41.9 Å². The predicted molar refractivity (Wildman–Crippen MR) is 97.4 cm³/mol. The van der Waals surface area contributed by atoms with Gasteiger partial charge in [-0.15, -0.1) is 5.10 Å². The number of fused-ring (bicyclic) bond motifs is 1. The zero-order valence-electron chi connectivity index (χ0n) is 14.2. The molecule has 0 atom stereocenters. The fraction of sp³-hybridized carbons (Fsp3) is 0.471. The molecule has 1 aromatic carbocycles. The second-order valence-corrected chi connectivity index (χ2v) is 9.54. The third kappa shape index (κ3) is 3.25. The molecule has 1 fully saturated rings. The molecule has 0 bridgehead atoms. The van der Waals surface area contributed by atoms with Crippen molar-refractivity contribution in [3.05, 3.63) is 35.7 Å². The number of nitrogens with one attached hydrogen (secondary N) is 1. The molecule has 1 N–H and O–H groups in total. The van der Waals surface area contributed by atoms with E-state index < -0.39 is 15.9 Å². The van der Waals surface area contributed by atoms with Gasteiger partial charge in [0.05, 0.1) is 5.56 Å². The standard InChI is InChI=1S/C17H20N4O3S2/c22-16-13-7-3-4-8-14(13)26(23,24)21(16)9-10-25-17-18-15(19-20-17)11-12-5-1-2-6-12/h3-4,7-8,12H,1-2,5-6,9-11H2,(H,18,19,20). The lowest BCUT2D eigenvalue weighted by Crippen LogP contribution is -2.32. The first-order valence-electron chi connectivity index (χ1n) is 8.76. The van der Waals surface area contributed by atoms with Crippen LogP contribution in [0.25, 0.3) is 0 Å². The lowest BCUT2D eigenvalue weighted by atomic mass is 10.0. The summed E-state index contributed by atoms with van der Waals surface area (Å²) in [5, 5.41) is 7.76. The maximum atomic E-state index is 12.5. The minimum Gasteiger partial charge on any atom is -0.268 e. The van der Waals surface area contributed by atoms with E-state index in [-0.39, 0.29) is 17.0 Å². The summed E-state index contributed by atoms with van der Waals surface area (Å²) in [5.74, 6) is 1.53. The Morgan fingerprint density at radius 3 is 2.77 bits per heavy atom. The minimum absolute atomic E-state index is 0.0896. The van der Waals surface area contributed by atoms with Crippen LogP contribution in [0.5, 0.6) is 0 Å². The van der Waals surface area contributed by atoms with Gasteiger partial charge in [0.2, 0.25) is 5.16 Å². The van der Waals surface area contributed by atoms with Crippen LogP contribution in [0.4, 0.5) is 0 Å². The Labute approximate surface area is 156 Å². The molecule has 0 spiro atoms. The first kappa shape index (κ1) is 17.5. The summed E-state index contributed by atoms with van der Waals surface area (Å²) in [4.78, 5) is 16.9. The Morgan fingerprint density at radius 1 is 1.23 bits per heavy atom. The largest absolute Gasteiger partial charge is 0.269 e. The van der Waals surface area contributed by atoms with Gasteiger partial charge in [-0.2, -0.15) is 0 Å². The zero-order valence-corrected chi connectivity index (χ0v) is 15.9. The van der Waals surface area contributed by atoms with Gasteiger partial charge < -0.3 is 0 Å². The molecule has 1 saturated carbocycles. The maximum absolute atomic E-state index is 12.5. The van der Waals surface area contributed by atoms with Gasteiger partial charge in [0.25, 0.3) is 15.9 Å². The van der Waals surface area contributed by atoms with Crippen molar-refractivity contribution >= 4 is 27.7 Å². The SMILES string of the molecule is O=C1c2ccccc2S(=O)(=O)N1CCSc1n[nH]c(CC2CCCC2)n1. The van der Waals surface area contributed by atoms with Crippen LogP contribution < -0.4 is 0 Å². The summed E-state index contributed by atoms with van der Waals surface area (Å²) in [5.41, 5.74) is 0.245. The molecule has 1 aliphatic carbocycles. The van der Waals surface area contributed by atoms with Gasteiger partial charge >= 0.3 is 0 Å². The predicted octanol–water partition coefficient (Wildman–Crippen LogP) is 2.47. The molecule has 7 nitrogen and oxygen atoms in total. The number of benzene rings is 1. The number of amides is 1. The number of H-pyrrole nitrogens is 1. The number of sulfonamides is 1. The molecule has 1 aliphatic heterocycles. The Bertz CT molecular complexity index is 920. The summed E-state index contributed by atoms with van der Waals surface area (Å²) in [6, 6.07) is 6.32. The highest BCUT2D eigenvalue weighted by atomic mass is 32.2. The first-order chi connectivity index (χ1) is 12.6. The zero-order chi connectivity index (χ0) is 18.1. The number of carbonyl (C=O) groups is 1. The Hall–Kier alpha value is -1.87. The number of rotatable bonds is 6. The van der Waals surface area contributed by atoms with Crippen molar-refractivity contribution in [2.45, 2.75) is 42.2 Å². The second-order valence-electron chi connectivity index (χ2n) is 6.65. The van der Waals surface area contributed by atoms with Gasteiger partial charge in [-0.25, -0.2) is 17.7 Å².